The van der Waals surface area contributed by atoms with Gasteiger partial charge in [0.05, 0.1) is 12.3 Å². The zero-order chi connectivity index (χ0) is 20.1. The van der Waals surface area contributed by atoms with Crippen LogP contribution < -0.4 is 9.47 Å². The molecule has 0 bridgehead atoms. The smallest absolute Gasteiger partial charge is 0.125 e. The lowest BCUT2D eigenvalue weighted by molar-refractivity contribution is 0.207. The Labute approximate surface area is 165 Å². The normalized spacial score (nSPS) is 12.0. The molecule has 0 aliphatic carbocycles. The zero-order valence-corrected chi connectivity index (χ0v) is 17.9. The summed E-state index contributed by atoms with van der Waals surface area (Å²) in [6.45, 7) is 14.5. The SMILES string of the molecule is C/C=C/COc1cc(C)c(OCCCN(CC)C/C(CC)=N/OC)c(C)c1. The third-order valence-electron chi connectivity index (χ3n) is 4.36. The number of aryl methyl sites for hydroxylation is 2. The predicted octanol–water partition coefficient (Wildman–Crippen LogP) is 4.76. The molecule has 0 aliphatic heterocycles. The fraction of sp³-hybridized carbons (Fsp3) is 0.591. The fourth-order valence-electron chi connectivity index (χ4n) is 2.87. The van der Waals surface area contributed by atoms with Crippen LogP contribution in [0.25, 0.3) is 0 Å². The van der Waals surface area contributed by atoms with Crippen LogP contribution >= 0.6 is 0 Å². The summed E-state index contributed by atoms with van der Waals surface area (Å²) < 4.78 is 11.8. The van der Waals surface area contributed by atoms with E-state index in [1.807, 2.05) is 31.2 Å². The van der Waals surface area contributed by atoms with Gasteiger partial charge in [0.15, 0.2) is 0 Å². The Morgan fingerprint density at radius 3 is 2.41 bits per heavy atom. The van der Waals surface area contributed by atoms with E-state index in [1.165, 1.54) is 0 Å². The van der Waals surface area contributed by atoms with E-state index in [0.29, 0.717) is 13.2 Å². The minimum atomic E-state index is 0.592. The van der Waals surface area contributed by atoms with Crippen LogP contribution in [0.15, 0.2) is 29.4 Å². The molecule has 0 N–H and O–H groups in total. The van der Waals surface area contributed by atoms with Crippen LogP contribution in [0.2, 0.25) is 0 Å². The van der Waals surface area contributed by atoms with E-state index in [2.05, 4.69) is 37.8 Å². The third-order valence-corrected chi connectivity index (χ3v) is 4.36. The summed E-state index contributed by atoms with van der Waals surface area (Å²) in [7, 11) is 1.60. The van der Waals surface area contributed by atoms with Crippen molar-refractivity contribution in [3.8, 4) is 11.5 Å². The maximum Gasteiger partial charge on any atom is 0.125 e. The molecular formula is C22H36N2O3. The Balaban J connectivity index is 2.52. The molecule has 0 heterocycles. The zero-order valence-electron chi connectivity index (χ0n) is 17.9. The van der Waals surface area contributed by atoms with Gasteiger partial charge < -0.3 is 14.3 Å². The lowest BCUT2D eigenvalue weighted by atomic mass is 10.1. The summed E-state index contributed by atoms with van der Waals surface area (Å²) in [5, 5.41) is 4.09. The molecule has 1 aromatic rings. The van der Waals surface area contributed by atoms with E-state index < -0.39 is 0 Å². The van der Waals surface area contributed by atoms with Crippen molar-refractivity contribution in [2.75, 3.05) is 40.0 Å². The highest BCUT2D eigenvalue weighted by atomic mass is 16.6. The second-order valence-corrected chi connectivity index (χ2v) is 6.53. The van der Waals surface area contributed by atoms with Gasteiger partial charge in [-0.2, -0.15) is 0 Å². The van der Waals surface area contributed by atoms with Crippen molar-refractivity contribution >= 4 is 5.71 Å². The van der Waals surface area contributed by atoms with Crippen LogP contribution in [-0.4, -0.2) is 50.6 Å². The van der Waals surface area contributed by atoms with Gasteiger partial charge in [0, 0.05) is 13.1 Å². The molecule has 27 heavy (non-hydrogen) atoms. The Kier molecular flexibility index (Phi) is 11.3. The second kappa shape index (κ2) is 13.2. The van der Waals surface area contributed by atoms with Crippen molar-refractivity contribution in [2.24, 2.45) is 5.16 Å². The predicted molar refractivity (Wildman–Crippen MR) is 113 cm³/mol. The van der Waals surface area contributed by atoms with Gasteiger partial charge in [0.25, 0.3) is 0 Å². The topological polar surface area (TPSA) is 43.3 Å². The summed E-state index contributed by atoms with van der Waals surface area (Å²) >= 11 is 0. The minimum Gasteiger partial charge on any atom is -0.493 e. The molecule has 5 nitrogen and oxygen atoms in total. The summed E-state index contributed by atoms with van der Waals surface area (Å²) in [5.74, 6) is 1.85. The Bertz CT molecular complexity index is 589. The van der Waals surface area contributed by atoms with Crippen molar-refractivity contribution in [1.82, 2.24) is 4.90 Å². The number of hydrogen-bond acceptors (Lipinski definition) is 5. The third kappa shape index (κ3) is 8.48. The van der Waals surface area contributed by atoms with Crippen molar-refractivity contribution in [1.29, 1.82) is 0 Å². The lowest BCUT2D eigenvalue weighted by Crippen LogP contribution is -2.31. The Hall–Kier alpha value is -2.01. The summed E-state index contributed by atoms with van der Waals surface area (Å²) in [4.78, 5) is 7.28. The number of ether oxygens (including phenoxy) is 2. The highest BCUT2D eigenvalue weighted by Crippen LogP contribution is 2.28. The van der Waals surface area contributed by atoms with Crippen LogP contribution in [0.1, 0.15) is 44.7 Å². The van der Waals surface area contributed by atoms with Gasteiger partial charge in [-0.05, 0) is 63.4 Å². The van der Waals surface area contributed by atoms with Crippen molar-refractivity contribution < 1.29 is 14.3 Å². The number of benzene rings is 1. The lowest BCUT2D eigenvalue weighted by Gasteiger charge is -2.21. The van der Waals surface area contributed by atoms with Crippen LogP contribution in [0, 0.1) is 13.8 Å². The molecular weight excluding hydrogens is 340 g/mol. The summed E-state index contributed by atoms with van der Waals surface area (Å²) in [6.07, 6.45) is 5.86. The van der Waals surface area contributed by atoms with E-state index in [-0.39, 0.29) is 0 Å². The second-order valence-electron chi connectivity index (χ2n) is 6.53. The highest BCUT2D eigenvalue weighted by Gasteiger charge is 2.09. The van der Waals surface area contributed by atoms with Crippen molar-refractivity contribution in [3.05, 3.63) is 35.4 Å². The number of oxime groups is 1. The standard InChI is InChI=1S/C22H36N2O3/c1-7-10-13-26-21-15-18(4)22(19(5)16-21)27-14-11-12-24(9-3)17-20(8-2)23-25-6/h7,10,15-16H,8-9,11-14,17H2,1-6H3/b10-7+,23-20+. The van der Waals surface area contributed by atoms with Crippen molar-refractivity contribution in [2.45, 2.75) is 47.5 Å². The molecule has 0 aromatic heterocycles. The van der Waals surface area contributed by atoms with E-state index in [9.17, 15) is 0 Å². The molecule has 0 amide bonds. The number of allylic oxidation sites excluding steroid dienone is 1. The van der Waals surface area contributed by atoms with Crippen LogP contribution in [-0.2, 0) is 4.84 Å². The first-order valence-electron chi connectivity index (χ1n) is 9.84. The van der Waals surface area contributed by atoms with E-state index in [4.69, 9.17) is 14.3 Å². The molecule has 0 saturated heterocycles. The van der Waals surface area contributed by atoms with Gasteiger partial charge in [0.2, 0.25) is 0 Å². The van der Waals surface area contributed by atoms with Gasteiger partial charge >= 0.3 is 0 Å². The fourth-order valence-corrected chi connectivity index (χ4v) is 2.87. The molecule has 0 saturated carbocycles. The van der Waals surface area contributed by atoms with Gasteiger partial charge in [-0.1, -0.05) is 31.2 Å². The molecule has 152 valence electrons. The van der Waals surface area contributed by atoms with Crippen LogP contribution in [0.3, 0.4) is 0 Å². The first-order valence-corrected chi connectivity index (χ1v) is 9.84. The molecule has 0 fully saturated rings. The molecule has 0 radical (unpaired) electrons. The largest absolute Gasteiger partial charge is 0.493 e. The Morgan fingerprint density at radius 1 is 1.15 bits per heavy atom. The summed E-state index contributed by atoms with van der Waals surface area (Å²) in [5.41, 5.74) is 3.29. The van der Waals surface area contributed by atoms with E-state index in [1.54, 1.807) is 7.11 Å². The summed E-state index contributed by atoms with van der Waals surface area (Å²) in [6, 6.07) is 4.08. The first kappa shape index (κ1) is 23.0. The highest BCUT2D eigenvalue weighted by molar-refractivity contribution is 5.85. The average Bonchev–Trinajstić information content (AvgIpc) is 2.65. The van der Waals surface area contributed by atoms with Gasteiger partial charge in [0.1, 0.15) is 25.2 Å². The molecule has 1 aromatic carbocycles. The van der Waals surface area contributed by atoms with Crippen molar-refractivity contribution in [3.63, 3.8) is 0 Å². The average molecular weight is 377 g/mol. The van der Waals surface area contributed by atoms with Crippen LogP contribution in [0.4, 0.5) is 0 Å². The van der Waals surface area contributed by atoms with E-state index >= 15 is 0 Å². The number of hydrogen-bond donors (Lipinski definition) is 0. The first-order chi connectivity index (χ1) is 13.0. The molecule has 5 heteroatoms. The van der Waals surface area contributed by atoms with Gasteiger partial charge in [-0.3, -0.25) is 4.90 Å². The van der Waals surface area contributed by atoms with E-state index in [0.717, 1.165) is 60.8 Å². The maximum atomic E-state index is 6.07. The Morgan fingerprint density at radius 2 is 1.85 bits per heavy atom. The van der Waals surface area contributed by atoms with Gasteiger partial charge in [-0.15, -0.1) is 0 Å². The quantitative estimate of drug-likeness (QED) is 0.215. The molecule has 1 rings (SSSR count). The minimum absolute atomic E-state index is 0.592. The van der Waals surface area contributed by atoms with Gasteiger partial charge in [-0.25, -0.2) is 0 Å². The number of rotatable bonds is 13. The maximum absolute atomic E-state index is 6.07. The monoisotopic (exact) mass is 376 g/mol. The molecule has 0 atom stereocenters. The molecule has 0 spiro atoms. The molecule has 0 unspecified atom stereocenters. The molecule has 0 aliphatic rings. The van der Waals surface area contributed by atoms with Crippen LogP contribution in [0.5, 0.6) is 11.5 Å². The number of nitrogens with zero attached hydrogens (tertiary/aromatic N) is 2.